The van der Waals surface area contributed by atoms with Crippen LogP contribution in [0.25, 0.3) is 0 Å². The molecule has 0 spiro atoms. The highest BCUT2D eigenvalue weighted by molar-refractivity contribution is 5.98. The molecule has 15 heavy (non-hydrogen) atoms. The second-order valence-corrected chi connectivity index (χ2v) is 4.07. The molecule has 0 aromatic heterocycles. The molecule has 1 rings (SSSR count). The molecule has 0 bridgehead atoms. The highest BCUT2D eigenvalue weighted by atomic mass is 16.4. The lowest BCUT2D eigenvalue weighted by molar-refractivity contribution is -0.136. The first-order chi connectivity index (χ1) is 7.02. The van der Waals surface area contributed by atoms with Crippen molar-refractivity contribution in [1.29, 1.82) is 0 Å². The summed E-state index contributed by atoms with van der Waals surface area (Å²) in [5.41, 5.74) is 0.0313. The minimum absolute atomic E-state index is 0.0330. The molecule has 0 heterocycles. The molecule has 2 N–H and O–H groups in total. The zero-order valence-corrected chi connectivity index (χ0v) is 8.82. The quantitative estimate of drug-likeness (QED) is 0.699. The van der Waals surface area contributed by atoms with Crippen LogP contribution in [-0.2, 0) is 9.59 Å². The standard InChI is InChI=1S/C11H16O4/c1-7(10(12)13)9(11(14)15)6-8-4-2-3-5-8/h8H,2-6H2,1H3,(H,12,13)(H,14,15)/b9-7-. The molecule has 1 aliphatic carbocycles. The van der Waals surface area contributed by atoms with Crippen LogP contribution < -0.4 is 0 Å². The summed E-state index contributed by atoms with van der Waals surface area (Å²) in [6.07, 6.45) is 4.69. The predicted molar refractivity (Wildman–Crippen MR) is 54.5 cm³/mol. The highest BCUT2D eigenvalue weighted by Gasteiger charge is 2.23. The lowest BCUT2D eigenvalue weighted by Crippen LogP contribution is -2.12. The minimum Gasteiger partial charge on any atom is -0.478 e. The number of carboxylic acids is 2. The van der Waals surface area contributed by atoms with E-state index >= 15 is 0 Å². The molecule has 84 valence electrons. The van der Waals surface area contributed by atoms with Crippen LogP contribution in [0.1, 0.15) is 39.0 Å². The summed E-state index contributed by atoms with van der Waals surface area (Å²) in [7, 11) is 0. The average Bonchev–Trinajstić information content (AvgIpc) is 2.64. The Hall–Kier alpha value is -1.32. The largest absolute Gasteiger partial charge is 0.478 e. The van der Waals surface area contributed by atoms with Crippen LogP contribution in [0.15, 0.2) is 11.1 Å². The van der Waals surface area contributed by atoms with Crippen LogP contribution in [0.2, 0.25) is 0 Å². The second-order valence-electron chi connectivity index (χ2n) is 4.07. The van der Waals surface area contributed by atoms with E-state index < -0.39 is 11.9 Å². The van der Waals surface area contributed by atoms with Gasteiger partial charge in [-0.1, -0.05) is 25.7 Å². The van der Waals surface area contributed by atoms with Crippen molar-refractivity contribution in [2.75, 3.05) is 0 Å². The van der Waals surface area contributed by atoms with Gasteiger partial charge >= 0.3 is 11.9 Å². The van der Waals surface area contributed by atoms with E-state index in [4.69, 9.17) is 10.2 Å². The van der Waals surface area contributed by atoms with Crippen molar-refractivity contribution in [3.8, 4) is 0 Å². The number of rotatable bonds is 4. The van der Waals surface area contributed by atoms with Gasteiger partial charge in [0, 0.05) is 11.1 Å². The summed E-state index contributed by atoms with van der Waals surface area (Å²) < 4.78 is 0. The summed E-state index contributed by atoms with van der Waals surface area (Å²) in [4.78, 5) is 21.6. The van der Waals surface area contributed by atoms with Gasteiger partial charge in [-0.3, -0.25) is 0 Å². The smallest absolute Gasteiger partial charge is 0.332 e. The van der Waals surface area contributed by atoms with Crippen LogP contribution in [0.3, 0.4) is 0 Å². The van der Waals surface area contributed by atoms with Crippen LogP contribution in [-0.4, -0.2) is 22.2 Å². The molecule has 1 fully saturated rings. The SMILES string of the molecule is C/C(C(=O)O)=C(\CC1CCCC1)C(=O)O. The Morgan fingerprint density at radius 1 is 1.13 bits per heavy atom. The Balaban J connectivity index is 2.78. The van der Waals surface area contributed by atoms with Gasteiger partial charge in [0.25, 0.3) is 0 Å². The van der Waals surface area contributed by atoms with E-state index in [1.807, 2.05) is 0 Å². The van der Waals surface area contributed by atoms with E-state index in [0.29, 0.717) is 12.3 Å². The van der Waals surface area contributed by atoms with Crippen molar-refractivity contribution in [2.45, 2.75) is 39.0 Å². The lowest BCUT2D eigenvalue weighted by Gasteiger charge is -2.10. The fourth-order valence-electron chi connectivity index (χ4n) is 2.03. The molecular weight excluding hydrogens is 196 g/mol. The first kappa shape index (κ1) is 11.8. The Morgan fingerprint density at radius 2 is 1.67 bits per heavy atom. The summed E-state index contributed by atoms with van der Waals surface area (Å²) in [5, 5.41) is 17.7. The van der Waals surface area contributed by atoms with Crippen molar-refractivity contribution in [3.05, 3.63) is 11.1 Å². The Bertz CT molecular complexity index is 298. The van der Waals surface area contributed by atoms with E-state index in [1.54, 1.807) is 0 Å². The van der Waals surface area contributed by atoms with Gasteiger partial charge in [-0.2, -0.15) is 0 Å². The van der Waals surface area contributed by atoms with E-state index in [9.17, 15) is 9.59 Å². The maximum atomic E-state index is 10.9. The lowest BCUT2D eigenvalue weighted by atomic mass is 9.95. The fourth-order valence-corrected chi connectivity index (χ4v) is 2.03. The highest BCUT2D eigenvalue weighted by Crippen LogP contribution is 2.31. The number of aliphatic carboxylic acids is 2. The number of carbonyl (C=O) groups is 2. The molecule has 1 saturated carbocycles. The predicted octanol–water partition coefficient (Wildman–Crippen LogP) is 2.05. The fraction of sp³-hybridized carbons (Fsp3) is 0.636. The van der Waals surface area contributed by atoms with Gasteiger partial charge in [-0.15, -0.1) is 0 Å². The molecular formula is C11H16O4. The third-order valence-corrected chi connectivity index (χ3v) is 3.00. The Kier molecular flexibility index (Phi) is 3.88. The maximum Gasteiger partial charge on any atom is 0.332 e. The molecule has 0 aromatic carbocycles. The van der Waals surface area contributed by atoms with Gasteiger partial charge in [0.15, 0.2) is 0 Å². The normalized spacial score (nSPS) is 18.7. The first-order valence-electron chi connectivity index (χ1n) is 5.18. The molecule has 0 unspecified atom stereocenters. The van der Waals surface area contributed by atoms with Crippen molar-refractivity contribution < 1.29 is 19.8 Å². The van der Waals surface area contributed by atoms with Gasteiger partial charge in [-0.25, -0.2) is 9.59 Å². The maximum absolute atomic E-state index is 10.9. The molecule has 0 saturated heterocycles. The molecule has 4 nitrogen and oxygen atoms in total. The molecule has 0 atom stereocenters. The summed E-state index contributed by atoms with van der Waals surface area (Å²) in [6.45, 7) is 1.36. The van der Waals surface area contributed by atoms with Crippen molar-refractivity contribution in [1.82, 2.24) is 0 Å². The van der Waals surface area contributed by atoms with Crippen molar-refractivity contribution in [2.24, 2.45) is 5.92 Å². The zero-order chi connectivity index (χ0) is 11.4. The second kappa shape index (κ2) is 4.96. The molecule has 0 radical (unpaired) electrons. The van der Waals surface area contributed by atoms with Gasteiger partial charge in [0.2, 0.25) is 0 Å². The number of hydrogen-bond acceptors (Lipinski definition) is 2. The monoisotopic (exact) mass is 212 g/mol. The van der Waals surface area contributed by atoms with E-state index in [2.05, 4.69) is 0 Å². The first-order valence-corrected chi connectivity index (χ1v) is 5.18. The average molecular weight is 212 g/mol. The van der Waals surface area contributed by atoms with Gasteiger partial charge in [-0.05, 0) is 19.3 Å². The topological polar surface area (TPSA) is 74.6 Å². The summed E-state index contributed by atoms with van der Waals surface area (Å²) >= 11 is 0. The third-order valence-electron chi connectivity index (χ3n) is 3.00. The van der Waals surface area contributed by atoms with Crippen LogP contribution >= 0.6 is 0 Å². The third kappa shape index (κ3) is 3.08. The Morgan fingerprint density at radius 3 is 2.07 bits per heavy atom. The van der Waals surface area contributed by atoms with Gasteiger partial charge < -0.3 is 10.2 Å². The summed E-state index contributed by atoms with van der Waals surface area (Å²) in [5.74, 6) is -1.88. The molecule has 1 aliphatic rings. The van der Waals surface area contributed by atoms with Gasteiger partial charge in [0.05, 0.1) is 0 Å². The van der Waals surface area contributed by atoms with E-state index in [-0.39, 0.29) is 11.1 Å². The molecule has 0 amide bonds. The molecule has 0 aromatic rings. The Labute approximate surface area is 88.6 Å². The molecule has 0 aliphatic heterocycles. The molecule has 4 heteroatoms. The van der Waals surface area contributed by atoms with Crippen molar-refractivity contribution in [3.63, 3.8) is 0 Å². The van der Waals surface area contributed by atoms with Crippen LogP contribution in [0, 0.1) is 5.92 Å². The van der Waals surface area contributed by atoms with E-state index in [0.717, 1.165) is 25.7 Å². The number of hydrogen-bond donors (Lipinski definition) is 2. The van der Waals surface area contributed by atoms with Crippen LogP contribution in [0.5, 0.6) is 0 Å². The van der Waals surface area contributed by atoms with Gasteiger partial charge in [0.1, 0.15) is 0 Å². The summed E-state index contributed by atoms with van der Waals surface area (Å²) in [6, 6.07) is 0. The van der Waals surface area contributed by atoms with E-state index in [1.165, 1.54) is 6.92 Å². The number of carboxylic acid groups (broad SMARTS) is 2. The van der Waals surface area contributed by atoms with Crippen LogP contribution in [0.4, 0.5) is 0 Å². The minimum atomic E-state index is -1.13. The van der Waals surface area contributed by atoms with Crippen molar-refractivity contribution >= 4 is 11.9 Å². The zero-order valence-electron chi connectivity index (χ0n) is 8.82.